The molecule has 4 aliphatic carbocycles. The van der Waals surface area contributed by atoms with Crippen molar-refractivity contribution in [2.24, 2.45) is 17.8 Å². The molecule has 0 aromatic heterocycles. The molecule has 0 unspecified atom stereocenters. The van der Waals surface area contributed by atoms with Gasteiger partial charge in [0, 0.05) is 43.8 Å². The van der Waals surface area contributed by atoms with Gasteiger partial charge in [0.25, 0.3) is 0 Å². The third-order valence-corrected chi connectivity index (χ3v) is 7.95. The number of hydrogen-bond donors (Lipinski definition) is 1. The minimum absolute atomic E-state index is 0.0942. The average molecular weight is 414 g/mol. The van der Waals surface area contributed by atoms with E-state index in [0.717, 1.165) is 67.5 Å². The van der Waals surface area contributed by atoms with Crippen LogP contribution in [-0.2, 0) is 6.54 Å². The molecule has 6 nitrogen and oxygen atoms in total. The van der Waals surface area contributed by atoms with Crippen LogP contribution in [0.4, 0.5) is 4.79 Å². The molecule has 1 aromatic carbocycles. The number of rotatable bonds is 5. The van der Waals surface area contributed by atoms with Crippen LogP contribution in [0.3, 0.4) is 0 Å². The zero-order chi connectivity index (χ0) is 20.7. The van der Waals surface area contributed by atoms with Crippen LogP contribution >= 0.6 is 0 Å². The van der Waals surface area contributed by atoms with Gasteiger partial charge in [0.05, 0.1) is 14.2 Å². The van der Waals surface area contributed by atoms with Crippen LogP contribution in [0.15, 0.2) is 18.2 Å². The predicted molar refractivity (Wildman–Crippen MR) is 116 cm³/mol. The van der Waals surface area contributed by atoms with E-state index in [4.69, 9.17) is 9.47 Å². The summed E-state index contributed by atoms with van der Waals surface area (Å²) >= 11 is 0. The number of methoxy groups -OCH3 is 2. The molecular formula is C24H35N3O3. The van der Waals surface area contributed by atoms with Crippen LogP contribution in [0.1, 0.15) is 44.1 Å². The van der Waals surface area contributed by atoms with E-state index in [-0.39, 0.29) is 11.6 Å². The highest BCUT2D eigenvalue weighted by atomic mass is 16.5. The first kappa shape index (κ1) is 20.0. The first-order chi connectivity index (χ1) is 14.6. The standard InChI is InChI=1S/C24H35N3O3/c1-29-21-3-4-22(30-2)20(12-21)16-26-5-7-27(8-6-26)23(28)25-24-13-17-9-18(14-24)11-19(10-17)15-24/h3-4,12,17-19H,5-11,13-16H2,1-2H3,(H,25,28). The van der Waals surface area contributed by atoms with Gasteiger partial charge in [-0.2, -0.15) is 0 Å². The Morgan fingerprint density at radius 1 is 1.00 bits per heavy atom. The molecule has 1 saturated heterocycles. The van der Waals surface area contributed by atoms with Gasteiger partial charge in [-0.25, -0.2) is 4.79 Å². The number of carbonyl (C=O) groups is 1. The molecule has 4 saturated carbocycles. The summed E-state index contributed by atoms with van der Waals surface area (Å²) in [5.74, 6) is 4.29. The SMILES string of the molecule is COc1ccc(OC)c(CN2CCN(C(=O)NC34CC5CC(CC(C5)C3)C4)CC2)c1. The normalized spacial score (nSPS) is 32.9. The summed E-state index contributed by atoms with van der Waals surface area (Å²) in [6, 6.07) is 6.10. The Morgan fingerprint density at radius 3 is 2.20 bits per heavy atom. The molecule has 30 heavy (non-hydrogen) atoms. The molecule has 5 aliphatic rings. The Hall–Kier alpha value is -1.95. The first-order valence-electron chi connectivity index (χ1n) is 11.6. The van der Waals surface area contributed by atoms with Crippen LogP contribution in [0.2, 0.25) is 0 Å². The van der Waals surface area contributed by atoms with E-state index in [0.29, 0.717) is 0 Å². The number of piperazine rings is 1. The molecule has 6 rings (SSSR count). The molecular weight excluding hydrogens is 378 g/mol. The van der Waals surface area contributed by atoms with Gasteiger partial charge in [-0.05, 0) is 74.5 Å². The molecule has 0 atom stereocenters. The highest BCUT2D eigenvalue weighted by molar-refractivity contribution is 5.75. The quantitative estimate of drug-likeness (QED) is 0.803. The van der Waals surface area contributed by atoms with E-state index < -0.39 is 0 Å². The summed E-state index contributed by atoms with van der Waals surface area (Å²) in [6.45, 7) is 4.14. The fourth-order valence-corrected chi connectivity index (χ4v) is 6.93. The maximum atomic E-state index is 13.1. The second-order valence-corrected chi connectivity index (χ2v) is 10.1. The van der Waals surface area contributed by atoms with Crippen molar-refractivity contribution in [1.29, 1.82) is 0 Å². The van der Waals surface area contributed by atoms with Gasteiger partial charge >= 0.3 is 6.03 Å². The van der Waals surface area contributed by atoms with Gasteiger partial charge in [0.15, 0.2) is 0 Å². The Bertz CT molecular complexity index is 753. The zero-order valence-corrected chi connectivity index (χ0v) is 18.4. The van der Waals surface area contributed by atoms with Gasteiger partial charge in [0.2, 0.25) is 0 Å². The van der Waals surface area contributed by atoms with Crippen molar-refractivity contribution in [3.8, 4) is 11.5 Å². The van der Waals surface area contributed by atoms with Crippen molar-refractivity contribution in [1.82, 2.24) is 15.1 Å². The largest absolute Gasteiger partial charge is 0.497 e. The molecule has 2 amide bonds. The van der Waals surface area contributed by atoms with Crippen molar-refractivity contribution in [2.75, 3.05) is 40.4 Å². The maximum Gasteiger partial charge on any atom is 0.317 e. The second kappa shape index (κ2) is 7.95. The molecule has 0 radical (unpaired) electrons. The summed E-state index contributed by atoms with van der Waals surface area (Å²) in [5, 5.41) is 3.52. The van der Waals surface area contributed by atoms with Crippen LogP contribution in [0.25, 0.3) is 0 Å². The molecule has 0 spiro atoms. The van der Waals surface area contributed by atoms with Crippen molar-refractivity contribution < 1.29 is 14.3 Å². The molecule has 1 aliphatic heterocycles. The first-order valence-corrected chi connectivity index (χ1v) is 11.6. The third kappa shape index (κ3) is 3.86. The van der Waals surface area contributed by atoms with Gasteiger partial charge in [-0.15, -0.1) is 0 Å². The van der Waals surface area contributed by atoms with E-state index in [1.165, 1.54) is 38.5 Å². The number of ether oxygens (including phenoxy) is 2. The lowest BCUT2D eigenvalue weighted by atomic mass is 9.53. The lowest BCUT2D eigenvalue weighted by Crippen LogP contribution is -2.63. The number of amides is 2. The third-order valence-electron chi connectivity index (χ3n) is 7.95. The number of hydrogen-bond acceptors (Lipinski definition) is 4. The summed E-state index contributed by atoms with van der Waals surface area (Å²) < 4.78 is 10.9. The van der Waals surface area contributed by atoms with E-state index in [1.54, 1.807) is 14.2 Å². The Balaban J connectivity index is 1.16. The number of benzene rings is 1. The number of carbonyl (C=O) groups excluding carboxylic acids is 1. The van der Waals surface area contributed by atoms with Crippen molar-refractivity contribution in [3.05, 3.63) is 23.8 Å². The summed E-state index contributed by atoms with van der Waals surface area (Å²) in [4.78, 5) is 17.5. The van der Waals surface area contributed by atoms with Crippen molar-refractivity contribution >= 4 is 6.03 Å². The average Bonchev–Trinajstić information content (AvgIpc) is 2.73. The zero-order valence-electron chi connectivity index (χ0n) is 18.4. The summed E-state index contributed by atoms with van der Waals surface area (Å²) in [6.07, 6.45) is 7.84. The Morgan fingerprint density at radius 2 is 1.63 bits per heavy atom. The second-order valence-electron chi connectivity index (χ2n) is 10.1. The Labute approximate surface area is 179 Å². The molecule has 1 N–H and O–H groups in total. The summed E-state index contributed by atoms with van der Waals surface area (Å²) in [7, 11) is 3.39. The van der Waals surface area contributed by atoms with Gasteiger partial charge < -0.3 is 19.7 Å². The monoisotopic (exact) mass is 413 g/mol. The summed E-state index contributed by atoms with van der Waals surface area (Å²) in [5.41, 5.74) is 1.22. The molecule has 5 fully saturated rings. The predicted octanol–water partition coefficient (Wildman–Crippen LogP) is 3.50. The highest BCUT2D eigenvalue weighted by Crippen LogP contribution is 2.55. The van der Waals surface area contributed by atoms with Gasteiger partial charge in [0.1, 0.15) is 11.5 Å². The minimum Gasteiger partial charge on any atom is -0.497 e. The van der Waals surface area contributed by atoms with Crippen molar-refractivity contribution in [3.63, 3.8) is 0 Å². The number of nitrogens with one attached hydrogen (secondary N) is 1. The lowest BCUT2D eigenvalue weighted by molar-refractivity contribution is -0.0165. The van der Waals surface area contributed by atoms with Gasteiger partial charge in [-0.1, -0.05) is 0 Å². The fourth-order valence-electron chi connectivity index (χ4n) is 6.93. The molecule has 6 heteroatoms. The Kier molecular flexibility index (Phi) is 5.30. The topological polar surface area (TPSA) is 54.0 Å². The number of nitrogens with zero attached hydrogens (tertiary/aromatic N) is 2. The van der Waals surface area contributed by atoms with Crippen molar-refractivity contribution in [2.45, 2.75) is 50.6 Å². The van der Waals surface area contributed by atoms with E-state index in [9.17, 15) is 4.79 Å². The minimum atomic E-state index is 0.0942. The van der Waals surface area contributed by atoms with Gasteiger partial charge in [-0.3, -0.25) is 4.90 Å². The number of urea groups is 1. The van der Waals surface area contributed by atoms with E-state index in [2.05, 4.69) is 10.2 Å². The van der Waals surface area contributed by atoms with Crippen LogP contribution in [-0.4, -0.2) is 61.8 Å². The smallest absolute Gasteiger partial charge is 0.317 e. The lowest BCUT2D eigenvalue weighted by Gasteiger charge is -2.57. The molecule has 1 aromatic rings. The highest BCUT2D eigenvalue weighted by Gasteiger charge is 2.51. The van der Waals surface area contributed by atoms with E-state index >= 15 is 0 Å². The van der Waals surface area contributed by atoms with Crippen LogP contribution in [0.5, 0.6) is 11.5 Å². The van der Waals surface area contributed by atoms with E-state index in [1.807, 2.05) is 23.1 Å². The fraction of sp³-hybridized carbons (Fsp3) is 0.708. The molecule has 1 heterocycles. The van der Waals surface area contributed by atoms with Crippen LogP contribution in [0, 0.1) is 17.8 Å². The molecule has 4 bridgehead atoms. The molecule has 164 valence electrons. The van der Waals surface area contributed by atoms with Crippen LogP contribution < -0.4 is 14.8 Å². The maximum absolute atomic E-state index is 13.1.